The average Bonchev–Trinajstić information content (AvgIpc) is 2.62. The minimum atomic E-state index is 0.0764. The van der Waals surface area contributed by atoms with Crippen molar-refractivity contribution in [3.8, 4) is 11.5 Å². The highest BCUT2D eigenvalue weighted by molar-refractivity contribution is 5.99. The molecule has 0 atom stereocenters. The summed E-state index contributed by atoms with van der Waals surface area (Å²) in [4.78, 5) is 20.5. The third kappa shape index (κ3) is 3.12. The Hall–Kier alpha value is -2.77. The molecule has 7 nitrogen and oxygen atoms in total. The fraction of sp³-hybridized carbons (Fsp3) is 0.235. The van der Waals surface area contributed by atoms with Gasteiger partial charge >= 0.3 is 0 Å². The van der Waals surface area contributed by atoms with Crippen LogP contribution in [0.3, 0.4) is 0 Å². The second-order valence-corrected chi connectivity index (χ2v) is 4.95. The Morgan fingerprint density at radius 3 is 2.46 bits per heavy atom. The predicted octanol–water partition coefficient (Wildman–Crippen LogP) is 2.56. The van der Waals surface area contributed by atoms with Crippen molar-refractivity contribution in [1.82, 2.24) is 9.97 Å². The highest BCUT2D eigenvalue weighted by Crippen LogP contribution is 2.28. The first-order valence-electron chi connectivity index (χ1n) is 7.20. The smallest absolute Gasteiger partial charge is 0.188 e. The second-order valence-electron chi connectivity index (χ2n) is 4.95. The number of aldehydes is 1. The van der Waals surface area contributed by atoms with E-state index in [1.807, 2.05) is 12.1 Å². The quantitative estimate of drug-likeness (QED) is 0.374. The summed E-state index contributed by atoms with van der Waals surface area (Å²) in [6.07, 6.45) is 0.730. The van der Waals surface area contributed by atoms with Gasteiger partial charge in [-0.2, -0.15) is 0 Å². The lowest BCUT2D eigenvalue weighted by Crippen LogP contribution is -2.02. The number of benzene rings is 2. The average molecular weight is 328 g/mol. The lowest BCUT2D eigenvalue weighted by molar-refractivity contribution is 0.0511. The number of hydrogen-bond donors (Lipinski definition) is 0. The zero-order valence-electron chi connectivity index (χ0n) is 13.3. The number of methoxy groups -OCH3 is 2. The number of nitrogens with zero attached hydrogens (tertiary/aromatic N) is 2. The van der Waals surface area contributed by atoms with Gasteiger partial charge in [0.15, 0.2) is 19.9 Å². The first-order chi connectivity index (χ1) is 11.8. The predicted molar refractivity (Wildman–Crippen MR) is 87.4 cm³/mol. The molecule has 0 spiro atoms. The van der Waals surface area contributed by atoms with Crippen molar-refractivity contribution in [3.05, 3.63) is 35.9 Å². The normalized spacial score (nSPS) is 10.9. The van der Waals surface area contributed by atoms with Crippen molar-refractivity contribution in [2.75, 3.05) is 27.8 Å². The van der Waals surface area contributed by atoms with E-state index in [4.69, 9.17) is 18.9 Å². The molecule has 24 heavy (non-hydrogen) atoms. The van der Waals surface area contributed by atoms with Crippen molar-refractivity contribution in [2.45, 2.75) is 0 Å². The van der Waals surface area contributed by atoms with Crippen LogP contribution in [0.5, 0.6) is 11.5 Å². The largest absolute Gasteiger partial charge is 0.467 e. The van der Waals surface area contributed by atoms with Gasteiger partial charge < -0.3 is 18.9 Å². The lowest BCUT2D eigenvalue weighted by Gasteiger charge is -2.10. The van der Waals surface area contributed by atoms with E-state index in [0.29, 0.717) is 39.1 Å². The minimum Gasteiger partial charge on any atom is -0.467 e. The fourth-order valence-electron chi connectivity index (χ4n) is 2.31. The van der Waals surface area contributed by atoms with Gasteiger partial charge in [0.05, 0.1) is 11.0 Å². The van der Waals surface area contributed by atoms with Gasteiger partial charge in [0.1, 0.15) is 22.5 Å². The monoisotopic (exact) mass is 328 g/mol. The Bertz CT molecular complexity index is 882. The van der Waals surface area contributed by atoms with E-state index in [1.165, 1.54) is 7.11 Å². The van der Waals surface area contributed by atoms with Crippen LogP contribution in [0.15, 0.2) is 30.3 Å². The van der Waals surface area contributed by atoms with E-state index >= 15 is 0 Å². The van der Waals surface area contributed by atoms with Gasteiger partial charge in [-0.3, -0.25) is 4.79 Å². The number of rotatable bonds is 7. The molecule has 2 aromatic carbocycles. The van der Waals surface area contributed by atoms with Crippen LogP contribution < -0.4 is 9.47 Å². The number of fused-ring (bicyclic) bond motifs is 2. The maximum atomic E-state index is 11.4. The van der Waals surface area contributed by atoms with Crippen LogP contribution in [0.2, 0.25) is 0 Å². The van der Waals surface area contributed by atoms with Gasteiger partial charge in [0.25, 0.3) is 0 Å². The Labute approximate surface area is 138 Å². The van der Waals surface area contributed by atoms with Gasteiger partial charge in [-0.05, 0) is 18.2 Å². The number of ether oxygens (including phenoxy) is 4. The number of para-hydroxylation sites is 1. The molecule has 0 unspecified atom stereocenters. The summed E-state index contributed by atoms with van der Waals surface area (Å²) in [5.74, 6) is 1.04. The molecule has 124 valence electrons. The number of hydrogen-bond acceptors (Lipinski definition) is 7. The molecular weight excluding hydrogens is 312 g/mol. The Morgan fingerprint density at radius 2 is 1.71 bits per heavy atom. The van der Waals surface area contributed by atoms with Gasteiger partial charge in [-0.15, -0.1) is 0 Å². The molecule has 0 saturated carbocycles. The second kappa shape index (κ2) is 7.20. The number of carbonyl (C=O) groups excluding carboxylic acids is 1. The summed E-state index contributed by atoms with van der Waals surface area (Å²) < 4.78 is 20.8. The number of carbonyl (C=O) groups is 1. The molecular formula is C17H16N2O5. The first-order valence-corrected chi connectivity index (χ1v) is 7.20. The van der Waals surface area contributed by atoms with Crippen LogP contribution in [-0.4, -0.2) is 44.1 Å². The van der Waals surface area contributed by atoms with E-state index in [0.717, 1.165) is 6.29 Å². The number of aromatic nitrogens is 2. The summed E-state index contributed by atoms with van der Waals surface area (Å²) in [7, 11) is 3.07. The van der Waals surface area contributed by atoms with Crippen molar-refractivity contribution in [3.63, 3.8) is 0 Å². The molecule has 0 fully saturated rings. The van der Waals surface area contributed by atoms with Crippen molar-refractivity contribution >= 4 is 28.4 Å². The highest BCUT2D eigenvalue weighted by Gasteiger charge is 2.12. The van der Waals surface area contributed by atoms with Crippen LogP contribution in [-0.2, 0) is 9.47 Å². The SMILES string of the molecule is COCOc1cc(C=O)c2nc3cccc(OCOC)c3nc2c1. The van der Waals surface area contributed by atoms with E-state index in [2.05, 4.69) is 9.97 Å². The van der Waals surface area contributed by atoms with Gasteiger partial charge in [0.2, 0.25) is 0 Å². The fourth-order valence-corrected chi connectivity index (χ4v) is 2.31. The van der Waals surface area contributed by atoms with Crippen LogP contribution in [0.4, 0.5) is 0 Å². The minimum absolute atomic E-state index is 0.0764. The molecule has 0 bridgehead atoms. The summed E-state index contributed by atoms with van der Waals surface area (Å²) in [5, 5.41) is 0. The molecule has 7 heteroatoms. The third-order valence-electron chi connectivity index (χ3n) is 3.34. The van der Waals surface area contributed by atoms with Crippen LogP contribution in [0.25, 0.3) is 22.1 Å². The van der Waals surface area contributed by atoms with Crippen LogP contribution >= 0.6 is 0 Å². The zero-order valence-corrected chi connectivity index (χ0v) is 13.3. The van der Waals surface area contributed by atoms with Crippen molar-refractivity contribution in [2.24, 2.45) is 0 Å². The van der Waals surface area contributed by atoms with Gasteiger partial charge in [-0.25, -0.2) is 9.97 Å². The van der Waals surface area contributed by atoms with Crippen molar-refractivity contribution < 1.29 is 23.7 Å². The first kappa shape index (κ1) is 16.1. The highest BCUT2D eigenvalue weighted by atomic mass is 16.7. The Kier molecular flexibility index (Phi) is 4.83. The summed E-state index contributed by atoms with van der Waals surface area (Å²) in [6.45, 7) is 0.183. The Balaban J connectivity index is 2.18. The standard InChI is InChI=1S/C17H16N2O5/c1-21-9-23-12-6-11(8-20)16-14(7-12)19-17-13(18-16)4-3-5-15(17)24-10-22-2/h3-8H,9-10H2,1-2H3. The summed E-state index contributed by atoms with van der Waals surface area (Å²) in [5.41, 5.74) is 2.65. The topological polar surface area (TPSA) is 79.8 Å². The third-order valence-corrected chi connectivity index (χ3v) is 3.34. The molecule has 0 N–H and O–H groups in total. The van der Waals surface area contributed by atoms with Gasteiger partial charge in [0, 0.05) is 25.8 Å². The van der Waals surface area contributed by atoms with E-state index in [1.54, 1.807) is 25.3 Å². The zero-order chi connectivity index (χ0) is 16.9. The lowest BCUT2D eigenvalue weighted by atomic mass is 10.1. The van der Waals surface area contributed by atoms with E-state index < -0.39 is 0 Å². The molecule has 0 amide bonds. The molecule has 1 heterocycles. The molecule has 1 aromatic heterocycles. The summed E-state index contributed by atoms with van der Waals surface area (Å²) >= 11 is 0. The summed E-state index contributed by atoms with van der Waals surface area (Å²) in [6, 6.07) is 8.73. The van der Waals surface area contributed by atoms with E-state index in [9.17, 15) is 4.79 Å². The molecule has 0 aliphatic carbocycles. The maximum absolute atomic E-state index is 11.4. The molecule has 0 aliphatic rings. The molecule has 3 aromatic rings. The molecule has 0 saturated heterocycles. The van der Waals surface area contributed by atoms with E-state index in [-0.39, 0.29) is 13.6 Å². The maximum Gasteiger partial charge on any atom is 0.188 e. The van der Waals surface area contributed by atoms with Crippen LogP contribution in [0, 0.1) is 0 Å². The molecule has 0 aliphatic heterocycles. The Morgan fingerprint density at radius 1 is 0.958 bits per heavy atom. The van der Waals surface area contributed by atoms with Crippen LogP contribution in [0.1, 0.15) is 10.4 Å². The van der Waals surface area contributed by atoms with Gasteiger partial charge in [-0.1, -0.05) is 6.07 Å². The molecule has 0 radical (unpaired) electrons. The molecule has 3 rings (SSSR count). The van der Waals surface area contributed by atoms with Crippen molar-refractivity contribution in [1.29, 1.82) is 0 Å².